The van der Waals surface area contributed by atoms with Gasteiger partial charge in [0.15, 0.2) is 0 Å². The van der Waals surface area contributed by atoms with Crippen LogP contribution in [0.25, 0.3) is 0 Å². The van der Waals surface area contributed by atoms with Crippen LogP contribution in [0.2, 0.25) is 0 Å². The minimum atomic E-state index is -0.815. The number of rotatable bonds is 14. The highest BCUT2D eigenvalue weighted by Gasteiger charge is 2.06. The molecule has 4 rings (SSSR count). The molecule has 0 unspecified atom stereocenters. The lowest BCUT2D eigenvalue weighted by molar-refractivity contribution is 0.193. The maximum atomic E-state index is 10.4. The third kappa shape index (κ3) is 9.21. The zero-order chi connectivity index (χ0) is 29.7. The van der Waals surface area contributed by atoms with Crippen molar-refractivity contribution in [2.45, 2.75) is 46.0 Å². The van der Waals surface area contributed by atoms with E-state index in [1.807, 2.05) is 24.3 Å². The van der Waals surface area contributed by atoms with Crippen molar-refractivity contribution in [1.29, 1.82) is 0 Å². The third-order valence-corrected chi connectivity index (χ3v) is 6.77. The van der Waals surface area contributed by atoms with Gasteiger partial charge in [0.2, 0.25) is 0 Å². The molecule has 4 aromatic rings. The SMILES string of the molecule is CCc1ccc(COc2ccc(/C=N/CC(O)C/N=C/c3ccc(OCc4ccc(CC)cc4)cc3O)c(O)c2)cc1. The Morgan fingerprint density at radius 2 is 0.976 bits per heavy atom. The fourth-order valence-electron chi connectivity index (χ4n) is 4.12. The van der Waals surface area contributed by atoms with Crippen LogP contribution in [-0.2, 0) is 26.1 Å². The van der Waals surface area contributed by atoms with Crippen LogP contribution in [0, 0.1) is 0 Å². The summed E-state index contributed by atoms with van der Waals surface area (Å²) in [6.45, 7) is 5.28. The summed E-state index contributed by atoms with van der Waals surface area (Å²) in [5, 5.41) is 31.0. The first kappa shape index (κ1) is 30.3. The predicted molar refractivity (Wildman–Crippen MR) is 167 cm³/mol. The van der Waals surface area contributed by atoms with E-state index in [0.717, 1.165) is 24.0 Å². The monoisotopic (exact) mass is 566 g/mol. The molecule has 42 heavy (non-hydrogen) atoms. The minimum Gasteiger partial charge on any atom is -0.507 e. The smallest absolute Gasteiger partial charge is 0.128 e. The summed E-state index contributed by atoms with van der Waals surface area (Å²) in [4.78, 5) is 8.47. The number of aliphatic hydroxyl groups is 1. The lowest BCUT2D eigenvalue weighted by Gasteiger charge is -2.09. The zero-order valence-corrected chi connectivity index (χ0v) is 24.1. The van der Waals surface area contributed by atoms with Gasteiger partial charge in [-0.1, -0.05) is 62.4 Å². The second kappa shape index (κ2) is 15.4. The van der Waals surface area contributed by atoms with Gasteiger partial charge in [-0.05, 0) is 59.4 Å². The molecule has 7 nitrogen and oxygen atoms in total. The van der Waals surface area contributed by atoms with E-state index in [4.69, 9.17) is 9.47 Å². The number of aliphatic imine (C=N–C) groups is 2. The number of aryl methyl sites for hydroxylation is 2. The molecule has 0 aromatic heterocycles. The van der Waals surface area contributed by atoms with Crippen molar-refractivity contribution in [3.05, 3.63) is 118 Å². The molecule has 0 aliphatic rings. The quantitative estimate of drug-likeness (QED) is 0.156. The number of phenols is 2. The normalized spacial score (nSPS) is 11.5. The summed E-state index contributed by atoms with van der Waals surface area (Å²) in [5.74, 6) is 1.20. The van der Waals surface area contributed by atoms with E-state index >= 15 is 0 Å². The van der Waals surface area contributed by atoms with Gasteiger partial charge < -0.3 is 24.8 Å². The summed E-state index contributed by atoms with van der Waals surface area (Å²) in [7, 11) is 0. The van der Waals surface area contributed by atoms with Gasteiger partial charge in [0.05, 0.1) is 19.2 Å². The Bertz CT molecular complexity index is 1370. The van der Waals surface area contributed by atoms with Gasteiger partial charge in [0.25, 0.3) is 0 Å². The third-order valence-electron chi connectivity index (χ3n) is 6.77. The maximum Gasteiger partial charge on any atom is 0.128 e. The first-order valence-electron chi connectivity index (χ1n) is 14.2. The number of phenolic OH excluding ortho intramolecular Hbond substituents is 2. The number of benzene rings is 4. The van der Waals surface area contributed by atoms with E-state index in [0.29, 0.717) is 35.8 Å². The Morgan fingerprint density at radius 1 is 0.595 bits per heavy atom. The number of ether oxygens (including phenoxy) is 2. The van der Waals surface area contributed by atoms with Crippen molar-refractivity contribution in [3.63, 3.8) is 0 Å². The van der Waals surface area contributed by atoms with Crippen molar-refractivity contribution < 1.29 is 24.8 Å². The number of hydrogen-bond acceptors (Lipinski definition) is 7. The Kier molecular flexibility index (Phi) is 11.1. The van der Waals surface area contributed by atoms with Gasteiger partial charge in [0, 0.05) is 35.7 Å². The fraction of sp³-hybridized carbons (Fsp3) is 0.257. The van der Waals surface area contributed by atoms with Crippen LogP contribution in [0.5, 0.6) is 23.0 Å². The number of aliphatic hydroxyl groups excluding tert-OH is 1. The van der Waals surface area contributed by atoms with Crippen LogP contribution in [0.3, 0.4) is 0 Å². The molecule has 0 atom stereocenters. The van der Waals surface area contributed by atoms with Gasteiger partial charge in [0.1, 0.15) is 36.2 Å². The lowest BCUT2D eigenvalue weighted by Crippen LogP contribution is -2.15. The van der Waals surface area contributed by atoms with E-state index in [2.05, 4.69) is 48.1 Å². The van der Waals surface area contributed by atoms with Crippen molar-refractivity contribution in [3.8, 4) is 23.0 Å². The summed E-state index contributed by atoms with van der Waals surface area (Å²) in [6, 6.07) is 26.6. The molecule has 0 spiro atoms. The molecule has 4 aromatic carbocycles. The molecule has 0 radical (unpaired) electrons. The fourth-order valence-corrected chi connectivity index (χ4v) is 4.12. The van der Waals surface area contributed by atoms with E-state index in [-0.39, 0.29) is 24.6 Å². The lowest BCUT2D eigenvalue weighted by atomic mass is 10.1. The largest absolute Gasteiger partial charge is 0.507 e. The van der Waals surface area contributed by atoms with Crippen molar-refractivity contribution >= 4 is 12.4 Å². The summed E-state index contributed by atoms with van der Waals surface area (Å²) in [5.41, 5.74) is 5.71. The number of nitrogens with zero attached hydrogens (tertiary/aromatic N) is 2. The van der Waals surface area contributed by atoms with Crippen LogP contribution in [0.1, 0.15) is 47.2 Å². The molecule has 0 bridgehead atoms. The molecule has 0 amide bonds. The summed E-state index contributed by atoms with van der Waals surface area (Å²) < 4.78 is 11.6. The highest BCUT2D eigenvalue weighted by molar-refractivity contribution is 5.84. The summed E-state index contributed by atoms with van der Waals surface area (Å²) >= 11 is 0. The van der Waals surface area contributed by atoms with Gasteiger partial charge >= 0.3 is 0 Å². The van der Waals surface area contributed by atoms with Crippen molar-refractivity contribution in [2.75, 3.05) is 13.1 Å². The van der Waals surface area contributed by atoms with Crippen LogP contribution < -0.4 is 9.47 Å². The van der Waals surface area contributed by atoms with Crippen LogP contribution >= 0.6 is 0 Å². The molecule has 0 saturated carbocycles. The Morgan fingerprint density at radius 3 is 1.33 bits per heavy atom. The first-order chi connectivity index (χ1) is 20.4. The standard InChI is InChI=1S/C35H38N2O5/c1-3-25-5-9-27(10-6-25)23-41-32-15-13-29(34(39)17-32)19-36-21-31(38)22-37-20-30-14-16-33(18-35(30)40)42-24-28-11-7-26(4-2)8-12-28/h5-20,31,38-40H,3-4,21-24H2,1-2H3/b36-19+,37-20+. The molecule has 0 fully saturated rings. The van der Waals surface area contributed by atoms with E-state index in [1.165, 1.54) is 23.6 Å². The predicted octanol–water partition coefficient (Wildman–Crippen LogP) is 6.28. The van der Waals surface area contributed by atoms with Gasteiger partial charge in [-0.2, -0.15) is 0 Å². The highest BCUT2D eigenvalue weighted by Crippen LogP contribution is 2.24. The molecule has 0 aliphatic heterocycles. The zero-order valence-electron chi connectivity index (χ0n) is 24.1. The molecule has 7 heteroatoms. The van der Waals surface area contributed by atoms with E-state index in [1.54, 1.807) is 36.4 Å². The van der Waals surface area contributed by atoms with Crippen LogP contribution in [0.4, 0.5) is 0 Å². The second-order valence-corrected chi connectivity index (χ2v) is 10.0. The second-order valence-electron chi connectivity index (χ2n) is 10.0. The summed E-state index contributed by atoms with van der Waals surface area (Å²) in [6.07, 6.45) is 4.20. The molecular formula is C35H38N2O5. The van der Waals surface area contributed by atoms with E-state index in [9.17, 15) is 15.3 Å². The van der Waals surface area contributed by atoms with Crippen molar-refractivity contribution in [2.24, 2.45) is 9.98 Å². The first-order valence-corrected chi connectivity index (χ1v) is 14.2. The van der Waals surface area contributed by atoms with E-state index < -0.39 is 6.10 Å². The highest BCUT2D eigenvalue weighted by atomic mass is 16.5. The molecule has 0 aliphatic carbocycles. The Hall–Kier alpha value is -4.62. The van der Waals surface area contributed by atoms with Gasteiger partial charge in [-0.25, -0.2) is 0 Å². The average molecular weight is 567 g/mol. The number of hydrogen-bond donors (Lipinski definition) is 3. The molecule has 0 saturated heterocycles. The Labute approximate surface area is 247 Å². The van der Waals surface area contributed by atoms with Gasteiger partial charge in [-0.3, -0.25) is 9.98 Å². The molecular weight excluding hydrogens is 528 g/mol. The van der Waals surface area contributed by atoms with Crippen LogP contribution in [-0.4, -0.2) is 46.9 Å². The van der Waals surface area contributed by atoms with Crippen LogP contribution in [0.15, 0.2) is 94.9 Å². The topological polar surface area (TPSA) is 104 Å². The molecule has 3 N–H and O–H groups in total. The average Bonchev–Trinajstić information content (AvgIpc) is 3.01. The molecule has 218 valence electrons. The minimum absolute atomic E-state index is 0.0439. The maximum absolute atomic E-state index is 10.4. The van der Waals surface area contributed by atoms with Gasteiger partial charge in [-0.15, -0.1) is 0 Å². The van der Waals surface area contributed by atoms with Crippen molar-refractivity contribution in [1.82, 2.24) is 0 Å². The molecule has 0 heterocycles. The Balaban J connectivity index is 1.20. The number of aromatic hydroxyl groups is 2.